The van der Waals surface area contributed by atoms with E-state index in [9.17, 15) is 25.2 Å². The van der Waals surface area contributed by atoms with Gasteiger partial charge < -0.3 is 4.74 Å². The van der Waals surface area contributed by atoms with Crippen LogP contribution >= 0.6 is 7.81 Å². The Kier molecular flexibility index (Phi) is 4.68. The van der Waals surface area contributed by atoms with Gasteiger partial charge in [-0.05, 0) is 37.3 Å². The molecular formula is C16H15F6OPS. The molecule has 0 spiro atoms. The van der Waals surface area contributed by atoms with E-state index < -0.39 is 7.81 Å². The quantitative estimate of drug-likeness (QED) is 0.267. The van der Waals surface area contributed by atoms with E-state index in [1.165, 1.54) is 14.7 Å². The SMILES string of the molecule is C/C=C(\C)[S+]1c2ccccc2Oc2ccccc21.F[P-](F)(F)(F)(F)F. The fraction of sp³-hybridized carbons (Fsp3) is 0.125. The van der Waals surface area contributed by atoms with Gasteiger partial charge in [0.2, 0.25) is 9.79 Å². The van der Waals surface area contributed by atoms with Gasteiger partial charge in [0, 0.05) is 6.92 Å². The van der Waals surface area contributed by atoms with Crippen LogP contribution in [0, 0.1) is 0 Å². The molecule has 3 rings (SSSR count). The molecule has 0 fully saturated rings. The van der Waals surface area contributed by atoms with Gasteiger partial charge in [-0.3, -0.25) is 0 Å². The normalized spacial score (nSPS) is 17.0. The number of allylic oxidation sites excluding steroid dienone is 2. The number of hydrogen-bond donors (Lipinski definition) is 0. The van der Waals surface area contributed by atoms with E-state index in [4.69, 9.17) is 4.74 Å². The molecule has 1 heterocycles. The molecule has 0 N–H and O–H groups in total. The second-order valence-electron chi connectivity index (χ2n) is 5.16. The number of benzene rings is 2. The van der Waals surface area contributed by atoms with Gasteiger partial charge in [0.25, 0.3) is 0 Å². The van der Waals surface area contributed by atoms with Gasteiger partial charge >= 0.3 is 33.0 Å². The predicted molar refractivity (Wildman–Crippen MR) is 89.9 cm³/mol. The molecule has 0 aromatic heterocycles. The van der Waals surface area contributed by atoms with Gasteiger partial charge in [0.05, 0.1) is 0 Å². The van der Waals surface area contributed by atoms with Gasteiger partial charge in [-0.15, -0.1) is 0 Å². The molecule has 0 saturated carbocycles. The zero-order valence-electron chi connectivity index (χ0n) is 13.2. The van der Waals surface area contributed by atoms with Crippen molar-refractivity contribution in [2.75, 3.05) is 0 Å². The summed E-state index contributed by atoms with van der Waals surface area (Å²) in [6.45, 7) is 4.30. The summed E-state index contributed by atoms with van der Waals surface area (Å²) in [5, 5.41) is 0. The standard InChI is InChI=1S/C16H15OS.F6P/c1-3-12(2)18-15-10-6-4-8-13(15)17-14-9-5-7-11-16(14)18;1-7(2,3,4,5)6/h3-11H,1-2H3;/q+1;-1/b12-3+;. The zero-order valence-corrected chi connectivity index (χ0v) is 14.9. The molecule has 9 heteroatoms. The van der Waals surface area contributed by atoms with Crippen LogP contribution in [0.2, 0.25) is 0 Å². The third-order valence-corrected chi connectivity index (χ3v) is 5.52. The van der Waals surface area contributed by atoms with Crippen molar-refractivity contribution in [3.05, 3.63) is 59.5 Å². The Bertz CT molecular complexity index is 760. The van der Waals surface area contributed by atoms with Crippen LogP contribution in [0.5, 0.6) is 11.5 Å². The van der Waals surface area contributed by atoms with Crippen LogP contribution in [0.1, 0.15) is 13.8 Å². The summed E-state index contributed by atoms with van der Waals surface area (Å²) in [5.41, 5.74) is 0. The number of para-hydroxylation sites is 2. The number of fused-ring (bicyclic) bond motifs is 2. The molecule has 1 aliphatic rings. The topological polar surface area (TPSA) is 9.23 Å². The third-order valence-electron chi connectivity index (χ3n) is 3.09. The molecule has 0 bridgehead atoms. The molecule has 2 aromatic carbocycles. The Morgan fingerprint density at radius 1 is 0.840 bits per heavy atom. The molecule has 138 valence electrons. The first-order valence-electron chi connectivity index (χ1n) is 7.06. The Balaban J connectivity index is 0.000000277. The first-order chi connectivity index (χ1) is 11.3. The summed E-state index contributed by atoms with van der Waals surface area (Å²) in [5.74, 6) is 1.97. The third kappa shape index (κ3) is 6.29. The van der Waals surface area contributed by atoms with Crippen molar-refractivity contribution < 1.29 is 29.9 Å². The van der Waals surface area contributed by atoms with Gasteiger partial charge in [0.1, 0.15) is 15.8 Å². The fourth-order valence-corrected chi connectivity index (χ4v) is 4.33. The summed E-state index contributed by atoms with van der Waals surface area (Å²) in [6, 6.07) is 16.7. The van der Waals surface area contributed by atoms with Crippen molar-refractivity contribution in [1.29, 1.82) is 0 Å². The molecule has 0 atom stereocenters. The Hall–Kier alpha value is -1.66. The van der Waals surface area contributed by atoms with Gasteiger partial charge in [-0.25, -0.2) is 0 Å². The second kappa shape index (κ2) is 5.95. The number of ether oxygens (including phenoxy) is 1. The maximum atomic E-state index is 9.87. The molecule has 0 radical (unpaired) electrons. The average molecular weight is 400 g/mol. The summed E-state index contributed by atoms with van der Waals surface area (Å²) < 4.78 is 65.2. The van der Waals surface area contributed by atoms with Crippen molar-refractivity contribution in [1.82, 2.24) is 0 Å². The van der Waals surface area contributed by atoms with Crippen molar-refractivity contribution in [2.45, 2.75) is 23.6 Å². The molecular weight excluding hydrogens is 385 g/mol. The minimum atomic E-state index is -10.7. The maximum absolute atomic E-state index is 10.7. The first kappa shape index (κ1) is 19.7. The van der Waals surface area contributed by atoms with Crippen LogP contribution in [0.25, 0.3) is 0 Å². The molecule has 2 aromatic rings. The summed E-state index contributed by atoms with van der Waals surface area (Å²) >= 11 is 0. The summed E-state index contributed by atoms with van der Waals surface area (Å²) in [6.07, 6.45) is 2.20. The van der Waals surface area contributed by atoms with E-state index in [2.05, 4.69) is 44.2 Å². The number of halogens is 6. The molecule has 0 unspecified atom stereocenters. The van der Waals surface area contributed by atoms with Crippen LogP contribution in [-0.2, 0) is 10.9 Å². The van der Waals surface area contributed by atoms with E-state index in [-0.39, 0.29) is 10.9 Å². The van der Waals surface area contributed by atoms with E-state index >= 15 is 0 Å². The summed E-state index contributed by atoms with van der Waals surface area (Å²) in [4.78, 5) is 3.96. The molecule has 1 aliphatic heterocycles. The van der Waals surface area contributed by atoms with Gasteiger partial charge in [0.15, 0.2) is 11.5 Å². The van der Waals surface area contributed by atoms with Gasteiger partial charge in [-0.2, -0.15) is 0 Å². The molecule has 0 aliphatic carbocycles. The number of rotatable bonds is 1. The fourth-order valence-electron chi connectivity index (χ4n) is 2.11. The van der Waals surface area contributed by atoms with Crippen molar-refractivity contribution >= 4 is 18.7 Å². The van der Waals surface area contributed by atoms with E-state index in [0.717, 1.165) is 11.5 Å². The van der Waals surface area contributed by atoms with E-state index in [1.54, 1.807) is 0 Å². The van der Waals surface area contributed by atoms with Gasteiger partial charge in [-0.1, -0.05) is 24.3 Å². The summed E-state index contributed by atoms with van der Waals surface area (Å²) in [7, 11) is -10.7. The predicted octanol–water partition coefficient (Wildman–Crippen LogP) is 8.13. The average Bonchev–Trinajstić information content (AvgIpc) is 2.48. The number of hydrogen-bond acceptors (Lipinski definition) is 1. The molecule has 0 amide bonds. The molecule has 25 heavy (non-hydrogen) atoms. The van der Waals surface area contributed by atoms with Crippen LogP contribution in [-0.4, -0.2) is 0 Å². The molecule has 0 saturated heterocycles. The Morgan fingerprint density at radius 3 is 1.56 bits per heavy atom. The molecule has 1 nitrogen and oxygen atoms in total. The van der Waals surface area contributed by atoms with E-state index in [0.29, 0.717) is 0 Å². The monoisotopic (exact) mass is 400 g/mol. The second-order valence-corrected chi connectivity index (χ2v) is 9.21. The Morgan fingerprint density at radius 2 is 1.20 bits per heavy atom. The Labute approximate surface area is 143 Å². The minimum absolute atomic E-state index is 0.00319. The van der Waals surface area contributed by atoms with Crippen LogP contribution in [0.3, 0.4) is 0 Å². The van der Waals surface area contributed by atoms with Crippen LogP contribution in [0.15, 0.2) is 69.3 Å². The van der Waals surface area contributed by atoms with Crippen LogP contribution in [0.4, 0.5) is 25.2 Å². The zero-order chi connectivity index (χ0) is 18.9. The first-order valence-corrected chi connectivity index (χ1v) is 10.3. The van der Waals surface area contributed by atoms with E-state index in [1.807, 2.05) is 24.3 Å². The van der Waals surface area contributed by atoms with Crippen LogP contribution < -0.4 is 4.74 Å². The van der Waals surface area contributed by atoms with Crippen molar-refractivity contribution in [3.8, 4) is 11.5 Å². The van der Waals surface area contributed by atoms with Crippen molar-refractivity contribution in [2.24, 2.45) is 0 Å². The van der Waals surface area contributed by atoms with Crippen molar-refractivity contribution in [3.63, 3.8) is 0 Å².